The first-order valence-corrected chi connectivity index (χ1v) is 3.34. The first-order valence-electron chi connectivity index (χ1n) is 3.34. The Labute approximate surface area is 65.7 Å². The van der Waals surface area contributed by atoms with Crippen LogP contribution in [-0.2, 0) is 14.3 Å². The predicted molar refractivity (Wildman–Crippen MR) is 39.8 cm³/mol. The number of esters is 1. The largest absolute Gasteiger partial charge is 0.469 e. The number of rotatable bonds is 3. The minimum absolute atomic E-state index is 0.206. The Balaban J connectivity index is 4.12. The van der Waals surface area contributed by atoms with Crippen molar-refractivity contribution in [3.8, 4) is 0 Å². The number of Topliss-reactive ketones (excluding diaryl/α,β-unsaturated/α-hetero) is 1. The molecule has 0 fully saturated rings. The molecule has 0 aliphatic heterocycles. The maximum absolute atomic E-state index is 10.8. The third-order valence-electron chi connectivity index (χ3n) is 1.58. The van der Waals surface area contributed by atoms with Crippen LogP contribution in [0.15, 0.2) is 0 Å². The van der Waals surface area contributed by atoms with Crippen molar-refractivity contribution in [2.24, 2.45) is 11.7 Å². The van der Waals surface area contributed by atoms with Crippen molar-refractivity contribution in [2.75, 3.05) is 7.11 Å². The quantitative estimate of drug-likeness (QED) is 0.574. The summed E-state index contributed by atoms with van der Waals surface area (Å²) in [5, 5.41) is 0. The molecule has 4 nitrogen and oxygen atoms in total. The second kappa shape index (κ2) is 4.08. The minimum atomic E-state index is -0.748. The fourth-order valence-corrected chi connectivity index (χ4v) is 0.685. The molecule has 0 saturated heterocycles. The fraction of sp³-hybridized carbons (Fsp3) is 0.714. The van der Waals surface area contributed by atoms with Crippen LogP contribution in [0.4, 0.5) is 0 Å². The van der Waals surface area contributed by atoms with E-state index in [1.807, 2.05) is 0 Å². The number of ether oxygens (including phenoxy) is 1. The van der Waals surface area contributed by atoms with E-state index in [9.17, 15) is 9.59 Å². The molecular formula is C7H13NO3. The Morgan fingerprint density at radius 1 is 1.45 bits per heavy atom. The summed E-state index contributed by atoms with van der Waals surface area (Å²) in [6, 6.07) is -0.748. The molecule has 0 radical (unpaired) electrons. The zero-order chi connectivity index (χ0) is 9.02. The molecule has 0 aromatic heterocycles. The number of hydrogen-bond acceptors (Lipinski definition) is 4. The van der Waals surface area contributed by atoms with E-state index in [-0.39, 0.29) is 5.78 Å². The summed E-state index contributed by atoms with van der Waals surface area (Å²) in [6.07, 6.45) is 0. The second-order valence-electron chi connectivity index (χ2n) is 2.45. The summed E-state index contributed by atoms with van der Waals surface area (Å²) in [4.78, 5) is 21.5. The lowest BCUT2D eigenvalue weighted by molar-refractivity contribution is -0.147. The van der Waals surface area contributed by atoms with Crippen LogP contribution >= 0.6 is 0 Å². The average Bonchev–Trinajstić information content (AvgIpc) is 2.00. The zero-order valence-electron chi connectivity index (χ0n) is 6.96. The topological polar surface area (TPSA) is 69.4 Å². The van der Waals surface area contributed by atoms with Crippen LogP contribution < -0.4 is 5.73 Å². The molecule has 0 spiro atoms. The highest BCUT2D eigenvalue weighted by molar-refractivity contribution is 5.87. The zero-order valence-corrected chi connectivity index (χ0v) is 6.96. The van der Waals surface area contributed by atoms with Gasteiger partial charge in [-0.25, -0.2) is 0 Å². The monoisotopic (exact) mass is 159 g/mol. The highest BCUT2D eigenvalue weighted by atomic mass is 16.5. The summed E-state index contributed by atoms with van der Waals surface area (Å²) in [5.41, 5.74) is 5.39. The van der Waals surface area contributed by atoms with Crippen LogP contribution in [0.1, 0.15) is 13.8 Å². The van der Waals surface area contributed by atoms with Gasteiger partial charge in [0.2, 0.25) is 0 Å². The lowest BCUT2D eigenvalue weighted by Gasteiger charge is -2.13. The number of ketones is 1. The first-order chi connectivity index (χ1) is 5.00. The third-order valence-corrected chi connectivity index (χ3v) is 1.58. The molecule has 0 aromatic carbocycles. The summed E-state index contributed by atoms with van der Waals surface area (Å²) in [6.45, 7) is 2.92. The smallest absolute Gasteiger partial charge is 0.310 e. The van der Waals surface area contributed by atoms with Gasteiger partial charge in [0.15, 0.2) is 0 Å². The molecule has 2 N–H and O–H groups in total. The van der Waals surface area contributed by atoms with Crippen LogP contribution in [0, 0.1) is 5.92 Å². The van der Waals surface area contributed by atoms with Gasteiger partial charge >= 0.3 is 5.97 Å². The molecule has 0 bridgehead atoms. The number of hydrogen-bond donors (Lipinski definition) is 1. The molecule has 0 aromatic rings. The van der Waals surface area contributed by atoms with Crippen LogP contribution in [0.25, 0.3) is 0 Å². The minimum Gasteiger partial charge on any atom is -0.469 e. The van der Waals surface area contributed by atoms with Crippen LogP contribution in [0.3, 0.4) is 0 Å². The van der Waals surface area contributed by atoms with E-state index in [4.69, 9.17) is 5.73 Å². The number of methoxy groups -OCH3 is 1. The Morgan fingerprint density at radius 3 is 2.18 bits per heavy atom. The molecule has 11 heavy (non-hydrogen) atoms. The lowest BCUT2D eigenvalue weighted by Crippen LogP contribution is -2.39. The summed E-state index contributed by atoms with van der Waals surface area (Å²) < 4.78 is 4.41. The van der Waals surface area contributed by atoms with Crippen molar-refractivity contribution >= 4 is 11.8 Å². The van der Waals surface area contributed by atoms with Crippen molar-refractivity contribution in [3.63, 3.8) is 0 Å². The Morgan fingerprint density at radius 2 is 1.91 bits per heavy atom. The van der Waals surface area contributed by atoms with Crippen molar-refractivity contribution in [3.05, 3.63) is 0 Å². The van der Waals surface area contributed by atoms with Gasteiger partial charge in [0, 0.05) is 0 Å². The third kappa shape index (κ3) is 2.67. The van der Waals surface area contributed by atoms with E-state index < -0.39 is 17.9 Å². The first kappa shape index (κ1) is 10.1. The standard InChI is InChI=1S/C7H13NO3/c1-4(7(10)11-3)6(8)5(2)9/h4,6H,8H2,1-3H3. The lowest BCUT2D eigenvalue weighted by atomic mass is 10.0. The molecule has 2 atom stereocenters. The molecular weight excluding hydrogens is 146 g/mol. The molecule has 0 rings (SSSR count). The van der Waals surface area contributed by atoms with Gasteiger partial charge in [0.1, 0.15) is 5.78 Å². The fourth-order valence-electron chi connectivity index (χ4n) is 0.685. The highest BCUT2D eigenvalue weighted by Gasteiger charge is 2.24. The predicted octanol–water partition coefficient (Wildman–Crippen LogP) is -0.288. The Bertz CT molecular complexity index is 167. The average molecular weight is 159 g/mol. The highest BCUT2D eigenvalue weighted by Crippen LogP contribution is 2.03. The van der Waals surface area contributed by atoms with E-state index >= 15 is 0 Å². The number of nitrogens with two attached hydrogens (primary N) is 1. The summed E-state index contributed by atoms with van der Waals surface area (Å²) in [5.74, 6) is -1.21. The van der Waals surface area contributed by atoms with Crippen LogP contribution in [0.5, 0.6) is 0 Å². The molecule has 0 amide bonds. The van der Waals surface area contributed by atoms with Crippen LogP contribution in [-0.4, -0.2) is 24.9 Å². The van der Waals surface area contributed by atoms with Gasteiger partial charge in [-0.2, -0.15) is 0 Å². The normalized spacial score (nSPS) is 15.3. The van der Waals surface area contributed by atoms with Crippen molar-refractivity contribution in [2.45, 2.75) is 19.9 Å². The Hall–Kier alpha value is -0.900. The van der Waals surface area contributed by atoms with Crippen LogP contribution in [0.2, 0.25) is 0 Å². The van der Waals surface area contributed by atoms with E-state index in [2.05, 4.69) is 4.74 Å². The maximum atomic E-state index is 10.8. The second-order valence-corrected chi connectivity index (χ2v) is 2.45. The molecule has 2 unspecified atom stereocenters. The molecule has 64 valence electrons. The maximum Gasteiger partial charge on any atom is 0.310 e. The van der Waals surface area contributed by atoms with Gasteiger partial charge in [-0.3, -0.25) is 9.59 Å². The molecule has 0 heterocycles. The number of carbonyl (C=O) groups excluding carboxylic acids is 2. The summed E-state index contributed by atoms with van der Waals surface area (Å²) >= 11 is 0. The molecule has 0 saturated carbocycles. The van der Waals surface area contributed by atoms with E-state index in [0.29, 0.717) is 0 Å². The SMILES string of the molecule is COC(=O)C(C)C(N)C(C)=O. The van der Waals surface area contributed by atoms with Gasteiger partial charge in [-0.1, -0.05) is 0 Å². The van der Waals surface area contributed by atoms with Gasteiger partial charge in [0.05, 0.1) is 19.1 Å². The summed E-state index contributed by atoms with van der Waals surface area (Å²) in [7, 11) is 1.27. The molecule has 4 heteroatoms. The Kier molecular flexibility index (Phi) is 3.74. The van der Waals surface area contributed by atoms with Crippen molar-refractivity contribution in [1.29, 1.82) is 0 Å². The van der Waals surface area contributed by atoms with Crippen molar-refractivity contribution < 1.29 is 14.3 Å². The van der Waals surface area contributed by atoms with Gasteiger partial charge in [-0.15, -0.1) is 0 Å². The number of carbonyl (C=O) groups is 2. The molecule has 0 aliphatic carbocycles. The van der Waals surface area contributed by atoms with Gasteiger partial charge in [-0.05, 0) is 13.8 Å². The van der Waals surface area contributed by atoms with Gasteiger partial charge < -0.3 is 10.5 Å². The molecule has 0 aliphatic rings. The van der Waals surface area contributed by atoms with E-state index in [1.54, 1.807) is 6.92 Å². The van der Waals surface area contributed by atoms with E-state index in [0.717, 1.165) is 0 Å². The van der Waals surface area contributed by atoms with E-state index in [1.165, 1.54) is 14.0 Å². The van der Waals surface area contributed by atoms with Crippen molar-refractivity contribution in [1.82, 2.24) is 0 Å². The van der Waals surface area contributed by atoms with Gasteiger partial charge in [0.25, 0.3) is 0 Å².